The summed E-state index contributed by atoms with van der Waals surface area (Å²) in [7, 11) is 0. The van der Waals surface area contributed by atoms with Gasteiger partial charge in [-0.3, -0.25) is 19.2 Å². The summed E-state index contributed by atoms with van der Waals surface area (Å²) >= 11 is 0. The summed E-state index contributed by atoms with van der Waals surface area (Å²) < 4.78 is 120. The third-order valence-corrected chi connectivity index (χ3v) is 18.6. The number of rotatable bonds is 13. The van der Waals surface area contributed by atoms with Crippen molar-refractivity contribution in [1.82, 2.24) is 30.4 Å². The second-order valence-corrected chi connectivity index (χ2v) is 26.1. The van der Waals surface area contributed by atoms with Crippen LogP contribution in [0.1, 0.15) is 160 Å². The summed E-state index contributed by atoms with van der Waals surface area (Å²) in [6.07, 6.45) is 6.64. The van der Waals surface area contributed by atoms with Gasteiger partial charge in [0.1, 0.15) is 52.4 Å². The Hall–Kier alpha value is -12.6. The molecule has 0 spiro atoms. The molecule has 0 bridgehead atoms. The minimum atomic E-state index is -0.768. The number of nitrogens with two attached hydrogens (primary N) is 1. The first-order valence-electron chi connectivity index (χ1n) is 35.1. The van der Waals surface area contributed by atoms with Crippen molar-refractivity contribution < 1.29 is 77.5 Å². The maximum absolute atomic E-state index is 13.1. The number of oxime groups is 1. The van der Waals surface area contributed by atoms with E-state index < -0.39 is 11.8 Å². The summed E-state index contributed by atoms with van der Waals surface area (Å²) in [4.78, 5) is 87.2. The maximum Gasteiger partial charge on any atom is 0.365 e. The molecule has 600 valence electrons. The summed E-state index contributed by atoms with van der Waals surface area (Å²) in [5.41, 5.74) is 10.6. The van der Waals surface area contributed by atoms with Crippen LogP contribution in [0, 0.1) is 52.5 Å². The van der Waals surface area contributed by atoms with Crippen LogP contribution in [0.3, 0.4) is 0 Å². The Morgan fingerprint density at radius 3 is 0.860 bits per heavy atom. The Balaban J connectivity index is 0.000000207. The predicted octanol–water partition coefficient (Wildman–Crippen LogP) is 19.4. The average molecular weight is 1580 g/mol. The second-order valence-electron chi connectivity index (χ2n) is 26.1. The Bertz CT molecular complexity index is 4570. The lowest BCUT2D eigenvalue weighted by Gasteiger charge is -2.20. The molecule has 4 unspecified atom stereocenters. The molecule has 4 saturated heterocycles. The number of aromatic nitrogens is 6. The molecule has 29 heteroatoms. The number of carbonyl (C=O) groups is 5. The molecule has 15 rings (SSSR count). The molecule has 4 aliphatic heterocycles. The van der Waals surface area contributed by atoms with E-state index in [1.807, 2.05) is 0 Å². The van der Waals surface area contributed by atoms with Gasteiger partial charge in [0.15, 0.2) is 17.5 Å². The molecule has 4 atom stereocenters. The minimum absolute atomic E-state index is 0. The highest BCUT2D eigenvalue weighted by Crippen LogP contribution is 2.36. The van der Waals surface area contributed by atoms with Crippen molar-refractivity contribution in [3.8, 4) is 34.4 Å². The lowest BCUT2D eigenvalue weighted by molar-refractivity contribution is -0.119. The number of carbonyl (C=O) groups excluding carboxylic acids is 5. The van der Waals surface area contributed by atoms with Crippen molar-refractivity contribution >= 4 is 58.2 Å². The zero-order chi connectivity index (χ0) is 76.5. The molecule has 8 aromatic carbocycles. The molecule has 114 heavy (non-hydrogen) atoms. The van der Waals surface area contributed by atoms with Crippen LogP contribution < -0.4 is 25.3 Å². The molecule has 2 N–H and O–H groups in total. The standard InChI is InChI=1S/C20H19F2N3O3.3C20H17F2N3O2.5CH4/c21-15-5-3-13(4-6-15)20(27)28-24-19(23)14-2-1-11-25(18(26)12-14)17-9-7-16(22)8-10-17;3*21-15-5-3-13(4-6-15)20-23-19(24-27-20)14-2-1-11-25(18(26)12-14)17-9-7-16(22)8-10-17;;;;;/h3-10,14H,1-2,11-12H2,(H2,23,24);3*3-10,14H,1-2,11-12H2;5*1H4. The van der Waals surface area contributed by atoms with E-state index in [1.54, 1.807) is 105 Å². The number of benzene rings is 8. The third kappa shape index (κ3) is 23.3. The molecular weight excluding hydrogens is 1480 g/mol. The highest BCUT2D eigenvalue weighted by molar-refractivity contribution is 5.98. The molecule has 0 saturated carbocycles. The molecule has 0 aliphatic carbocycles. The van der Waals surface area contributed by atoms with Crippen LogP contribution >= 0.6 is 0 Å². The quantitative estimate of drug-likeness (QED) is 0.0370. The summed E-state index contributed by atoms with van der Waals surface area (Å²) in [5, 5.41) is 15.7. The van der Waals surface area contributed by atoms with E-state index in [0.29, 0.717) is 114 Å². The van der Waals surface area contributed by atoms with Gasteiger partial charge in [-0.2, -0.15) is 15.0 Å². The van der Waals surface area contributed by atoms with Crippen LogP contribution in [0.15, 0.2) is 213 Å². The fraction of sp³-hybridized carbons (Fsp3) is 0.294. The number of hydrogen-bond acceptors (Lipinski definition) is 16. The van der Waals surface area contributed by atoms with Crippen molar-refractivity contribution in [3.63, 3.8) is 0 Å². The number of amides is 4. The molecule has 4 amide bonds. The van der Waals surface area contributed by atoms with Crippen molar-refractivity contribution in [1.29, 1.82) is 0 Å². The van der Waals surface area contributed by atoms with Gasteiger partial charge in [-0.25, -0.2) is 39.9 Å². The van der Waals surface area contributed by atoms with Crippen molar-refractivity contribution in [3.05, 3.63) is 264 Å². The summed E-state index contributed by atoms with van der Waals surface area (Å²) in [5.74, 6) is -2.42. The zero-order valence-electron chi connectivity index (χ0n) is 58.3. The molecule has 3 aromatic heterocycles. The van der Waals surface area contributed by atoms with Crippen molar-refractivity contribution in [2.45, 2.75) is 132 Å². The van der Waals surface area contributed by atoms with E-state index in [4.69, 9.17) is 24.1 Å². The normalized spacial score (nSPS) is 17.0. The molecule has 4 fully saturated rings. The Kier molecular flexibility index (Phi) is 32.4. The number of anilines is 4. The second kappa shape index (κ2) is 41.6. The fourth-order valence-electron chi connectivity index (χ4n) is 12.8. The van der Waals surface area contributed by atoms with E-state index in [0.717, 1.165) is 50.7 Å². The van der Waals surface area contributed by atoms with Crippen LogP contribution in [-0.4, -0.2) is 92.0 Å². The van der Waals surface area contributed by atoms with Gasteiger partial charge in [0, 0.05) is 115 Å². The first kappa shape index (κ1) is 88.7. The summed E-state index contributed by atoms with van der Waals surface area (Å²) in [6, 6.07) is 45.6. The topological polar surface area (TPSA) is 263 Å². The lowest BCUT2D eigenvalue weighted by atomic mass is 9.99. The van der Waals surface area contributed by atoms with Gasteiger partial charge in [0.2, 0.25) is 23.6 Å². The van der Waals surface area contributed by atoms with Crippen LogP contribution in [0.25, 0.3) is 34.4 Å². The molecule has 21 nitrogen and oxygen atoms in total. The van der Waals surface area contributed by atoms with Gasteiger partial charge in [-0.1, -0.05) is 57.8 Å². The number of halogens is 8. The van der Waals surface area contributed by atoms with Crippen molar-refractivity contribution in [2.24, 2.45) is 16.8 Å². The van der Waals surface area contributed by atoms with Gasteiger partial charge < -0.3 is 43.7 Å². The fourth-order valence-corrected chi connectivity index (χ4v) is 12.8. The molecule has 0 radical (unpaired) electrons. The highest BCUT2D eigenvalue weighted by atomic mass is 19.2. The predicted molar refractivity (Wildman–Crippen MR) is 418 cm³/mol. The van der Waals surface area contributed by atoms with E-state index in [-0.39, 0.29) is 162 Å². The first-order valence-corrected chi connectivity index (χ1v) is 35.1. The highest BCUT2D eigenvalue weighted by Gasteiger charge is 2.33. The molecule has 4 aliphatic rings. The van der Waals surface area contributed by atoms with E-state index >= 15 is 0 Å². The van der Waals surface area contributed by atoms with E-state index in [1.165, 1.54) is 97.1 Å². The SMILES string of the molecule is C.C.C.C.C.N/C(=N\OC(=O)c1ccc(F)cc1)C1CCCN(c2ccc(F)cc2)C(=O)C1.O=C1CC(c2noc(-c3ccc(F)cc3)n2)CCCN1c1ccc(F)cc1.O=C1CC(c2noc(-c3ccc(F)cc3)n2)CCCN1c1ccc(F)cc1.O=C1CC(c2noc(-c3ccc(F)cc3)n2)CCCN1c1ccc(F)cc1. The van der Waals surface area contributed by atoms with Crippen molar-refractivity contribution in [2.75, 3.05) is 45.8 Å². The van der Waals surface area contributed by atoms with Crippen LogP contribution in [0.2, 0.25) is 0 Å². The minimum Gasteiger partial charge on any atom is -0.384 e. The summed E-state index contributed by atoms with van der Waals surface area (Å²) in [6.45, 7) is 2.15. The first-order chi connectivity index (χ1) is 52.7. The van der Waals surface area contributed by atoms with E-state index in [9.17, 15) is 59.1 Å². The Morgan fingerprint density at radius 2 is 0.588 bits per heavy atom. The Labute approximate surface area is 655 Å². The van der Waals surface area contributed by atoms with Gasteiger partial charge in [-0.05, 0) is 245 Å². The van der Waals surface area contributed by atoms with Gasteiger partial charge >= 0.3 is 5.97 Å². The Morgan fingerprint density at radius 1 is 0.351 bits per heavy atom. The third-order valence-electron chi connectivity index (χ3n) is 18.6. The van der Waals surface area contributed by atoms with Crippen LogP contribution in [-0.2, 0) is 24.0 Å². The van der Waals surface area contributed by atoms with Gasteiger partial charge in [0.05, 0.1) is 5.56 Å². The lowest BCUT2D eigenvalue weighted by Crippen LogP contribution is -2.32. The maximum atomic E-state index is 13.1. The average Bonchev–Trinajstić information content (AvgIpc) is 1.69. The van der Waals surface area contributed by atoms with Gasteiger partial charge in [-0.15, -0.1) is 0 Å². The monoisotopic (exact) mass is 1570 g/mol. The van der Waals surface area contributed by atoms with Crippen LogP contribution in [0.4, 0.5) is 57.9 Å². The molecule has 11 aromatic rings. The number of nitrogens with zero attached hydrogens (tertiary/aromatic N) is 11. The van der Waals surface area contributed by atoms with Gasteiger partial charge in [0.25, 0.3) is 17.7 Å². The smallest absolute Gasteiger partial charge is 0.365 e. The zero-order valence-corrected chi connectivity index (χ0v) is 58.3. The van der Waals surface area contributed by atoms with E-state index in [2.05, 4.69) is 35.6 Å². The molecular formula is C85H90F8N12O9. The largest absolute Gasteiger partial charge is 0.384 e. The molecule has 7 heterocycles. The van der Waals surface area contributed by atoms with Crippen LogP contribution in [0.5, 0.6) is 0 Å². The number of amidine groups is 1. The number of hydrogen-bond donors (Lipinski definition) is 1.